The van der Waals surface area contributed by atoms with Crippen LogP contribution in [-0.2, 0) is 10.0 Å². The third-order valence-corrected chi connectivity index (χ3v) is 5.44. The fourth-order valence-corrected chi connectivity index (χ4v) is 3.96. The number of hydrogen-bond donors (Lipinski definition) is 2. The zero-order valence-electron chi connectivity index (χ0n) is 12.0. The number of sulfonamides is 1. The molecule has 0 saturated carbocycles. The van der Waals surface area contributed by atoms with Gasteiger partial charge in [-0.25, -0.2) is 13.1 Å². The molecule has 2 aromatic carbocycles. The lowest BCUT2D eigenvalue weighted by molar-refractivity contribution is 0.579. The van der Waals surface area contributed by atoms with Crippen LogP contribution in [0.4, 0.5) is 5.69 Å². The Morgan fingerprint density at radius 3 is 2.76 bits per heavy atom. The standard InChI is InChI=1S/C15H20N2O2S2/c1-20-10-3-2-9-17-21(18,19)15-6-4-5-12-11-13(16)7-8-14(12)15/h4-8,11,17H,2-3,9-10,16H2,1H3. The zero-order chi connectivity index (χ0) is 15.3. The molecule has 21 heavy (non-hydrogen) atoms. The molecule has 0 aliphatic rings. The second-order valence-corrected chi connectivity index (χ2v) is 7.56. The molecule has 2 aromatic rings. The van der Waals surface area contributed by atoms with Crippen molar-refractivity contribution in [2.75, 3.05) is 24.3 Å². The quantitative estimate of drug-likeness (QED) is 0.607. The average Bonchev–Trinajstić information content (AvgIpc) is 2.46. The molecule has 4 nitrogen and oxygen atoms in total. The van der Waals surface area contributed by atoms with Crippen LogP contribution in [0.25, 0.3) is 10.8 Å². The second-order valence-electron chi connectivity index (χ2n) is 4.83. The van der Waals surface area contributed by atoms with E-state index in [4.69, 9.17) is 5.73 Å². The lowest BCUT2D eigenvalue weighted by atomic mass is 10.1. The van der Waals surface area contributed by atoms with Crippen molar-refractivity contribution in [1.82, 2.24) is 4.72 Å². The summed E-state index contributed by atoms with van der Waals surface area (Å²) >= 11 is 1.77. The minimum atomic E-state index is -3.48. The molecule has 0 unspecified atom stereocenters. The van der Waals surface area contributed by atoms with Crippen LogP contribution in [-0.4, -0.2) is 27.0 Å². The van der Waals surface area contributed by atoms with E-state index in [0.717, 1.165) is 24.0 Å². The minimum Gasteiger partial charge on any atom is -0.399 e. The molecule has 0 bridgehead atoms. The van der Waals surface area contributed by atoms with E-state index in [1.807, 2.05) is 12.3 Å². The number of nitrogens with one attached hydrogen (secondary N) is 1. The predicted molar refractivity (Wildman–Crippen MR) is 91.2 cm³/mol. The number of benzene rings is 2. The van der Waals surface area contributed by atoms with Crippen LogP contribution in [0.3, 0.4) is 0 Å². The Hall–Kier alpha value is -1.24. The summed E-state index contributed by atoms with van der Waals surface area (Å²) in [6, 6.07) is 10.5. The zero-order valence-corrected chi connectivity index (χ0v) is 13.6. The van der Waals surface area contributed by atoms with Gasteiger partial charge in [0, 0.05) is 17.6 Å². The van der Waals surface area contributed by atoms with Crippen molar-refractivity contribution in [2.45, 2.75) is 17.7 Å². The average molecular weight is 324 g/mol. The van der Waals surface area contributed by atoms with Gasteiger partial charge >= 0.3 is 0 Å². The summed E-state index contributed by atoms with van der Waals surface area (Å²) in [6.45, 7) is 0.467. The van der Waals surface area contributed by atoms with Crippen molar-refractivity contribution in [3.05, 3.63) is 36.4 Å². The van der Waals surface area contributed by atoms with Gasteiger partial charge in [0.15, 0.2) is 0 Å². The molecule has 0 amide bonds. The van der Waals surface area contributed by atoms with E-state index < -0.39 is 10.0 Å². The first-order valence-electron chi connectivity index (χ1n) is 6.81. The lowest BCUT2D eigenvalue weighted by Crippen LogP contribution is -2.25. The van der Waals surface area contributed by atoms with E-state index in [1.54, 1.807) is 42.1 Å². The summed E-state index contributed by atoms with van der Waals surface area (Å²) in [6.07, 6.45) is 3.90. The number of anilines is 1. The molecule has 0 aliphatic carbocycles. The highest BCUT2D eigenvalue weighted by Crippen LogP contribution is 2.24. The second kappa shape index (κ2) is 7.15. The Morgan fingerprint density at radius 2 is 2.00 bits per heavy atom. The first-order valence-corrected chi connectivity index (χ1v) is 9.69. The molecule has 0 saturated heterocycles. The topological polar surface area (TPSA) is 72.2 Å². The highest BCUT2D eigenvalue weighted by atomic mass is 32.2. The van der Waals surface area contributed by atoms with Crippen molar-refractivity contribution >= 4 is 38.2 Å². The van der Waals surface area contributed by atoms with E-state index in [1.165, 1.54) is 0 Å². The van der Waals surface area contributed by atoms with E-state index in [2.05, 4.69) is 4.72 Å². The number of thioether (sulfide) groups is 1. The summed E-state index contributed by atoms with van der Waals surface area (Å²) in [7, 11) is -3.48. The molecule has 3 N–H and O–H groups in total. The normalized spacial score (nSPS) is 11.9. The van der Waals surface area contributed by atoms with Crippen LogP contribution >= 0.6 is 11.8 Å². The SMILES string of the molecule is CSCCCCNS(=O)(=O)c1cccc2cc(N)ccc12. The van der Waals surface area contributed by atoms with Crippen molar-refractivity contribution in [3.8, 4) is 0 Å². The highest BCUT2D eigenvalue weighted by molar-refractivity contribution is 7.98. The summed E-state index contributed by atoms with van der Waals surface area (Å²) in [5.74, 6) is 1.05. The van der Waals surface area contributed by atoms with Gasteiger partial charge in [0.1, 0.15) is 0 Å². The van der Waals surface area contributed by atoms with E-state index >= 15 is 0 Å². The molecule has 2 rings (SSSR count). The fraction of sp³-hybridized carbons (Fsp3) is 0.333. The number of rotatable bonds is 7. The Bertz CT molecular complexity index is 715. The van der Waals surface area contributed by atoms with Gasteiger partial charge in [-0.1, -0.05) is 18.2 Å². The van der Waals surface area contributed by atoms with Crippen molar-refractivity contribution in [3.63, 3.8) is 0 Å². The van der Waals surface area contributed by atoms with E-state index in [9.17, 15) is 8.42 Å². The predicted octanol–water partition coefficient (Wildman–Crippen LogP) is 2.84. The van der Waals surface area contributed by atoms with Gasteiger partial charge in [-0.3, -0.25) is 0 Å². The maximum Gasteiger partial charge on any atom is 0.241 e. The summed E-state index contributed by atoms with van der Waals surface area (Å²) in [4.78, 5) is 0.310. The monoisotopic (exact) mass is 324 g/mol. The molecule has 6 heteroatoms. The molecule has 114 valence electrons. The molecule has 0 aliphatic heterocycles. The van der Waals surface area contributed by atoms with E-state index in [0.29, 0.717) is 22.5 Å². The molecular formula is C15H20N2O2S2. The van der Waals surface area contributed by atoms with Gasteiger partial charge in [0.2, 0.25) is 10.0 Å². The Balaban J connectivity index is 2.20. The number of fused-ring (bicyclic) bond motifs is 1. The molecule has 0 fully saturated rings. The van der Waals surface area contributed by atoms with Gasteiger partial charge in [0.25, 0.3) is 0 Å². The van der Waals surface area contributed by atoms with Gasteiger partial charge in [-0.05, 0) is 48.4 Å². The maximum absolute atomic E-state index is 12.4. The highest BCUT2D eigenvalue weighted by Gasteiger charge is 2.16. The first kappa shape index (κ1) is 16.1. The Kier molecular flexibility index (Phi) is 5.50. The first-order chi connectivity index (χ1) is 10.0. The van der Waals surface area contributed by atoms with Gasteiger partial charge in [-0.15, -0.1) is 0 Å². The lowest BCUT2D eigenvalue weighted by Gasteiger charge is -2.10. The number of nitrogen functional groups attached to an aromatic ring is 1. The van der Waals surface area contributed by atoms with Crippen LogP contribution in [0, 0.1) is 0 Å². The maximum atomic E-state index is 12.4. The van der Waals surface area contributed by atoms with E-state index in [-0.39, 0.29) is 0 Å². The molecular weight excluding hydrogens is 304 g/mol. The molecule has 0 spiro atoms. The number of unbranched alkanes of at least 4 members (excludes halogenated alkanes) is 1. The summed E-state index contributed by atoms with van der Waals surface area (Å²) in [5, 5.41) is 1.53. The van der Waals surface area contributed by atoms with Crippen LogP contribution in [0.2, 0.25) is 0 Å². The van der Waals surface area contributed by atoms with Crippen LogP contribution < -0.4 is 10.5 Å². The largest absolute Gasteiger partial charge is 0.399 e. The Morgan fingerprint density at radius 1 is 1.19 bits per heavy atom. The van der Waals surface area contributed by atoms with Crippen LogP contribution in [0.5, 0.6) is 0 Å². The molecule has 0 atom stereocenters. The van der Waals surface area contributed by atoms with Gasteiger partial charge in [-0.2, -0.15) is 11.8 Å². The van der Waals surface area contributed by atoms with Gasteiger partial charge < -0.3 is 5.73 Å². The summed E-state index contributed by atoms with van der Waals surface area (Å²) < 4.78 is 27.5. The van der Waals surface area contributed by atoms with Crippen molar-refractivity contribution in [2.24, 2.45) is 0 Å². The molecule has 0 aromatic heterocycles. The third kappa shape index (κ3) is 4.12. The third-order valence-electron chi connectivity index (χ3n) is 3.22. The number of nitrogens with two attached hydrogens (primary N) is 1. The Labute approximate surface area is 130 Å². The fourth-order valence-electron chi connectivity index (χ4n) is 2.16. The smallest absolute Gasteiger partial charge is 0.241 e. The van der Waals surface area contributed by atoms with Crippen molar-refractivity contribution in [1.29, 1.82) is 0 Å². The minimum absolute atomic E-state index is 0.310. The van der Waals surface area contributed by atoms with Gasteiger partial charge in [0.05, 0.1) is 4.90 Å². The number of hydrogen-bond acceptors (Lipinski definition) is 4. The molecule has 0 radical (unpaired) electrons. The summed E-state index contributed by atoms with van der Waals surface area (Å²) in [5.41, 5.74) is 6.37. The van der Waals surface area contributed by atoms with Crippen molar-refractivity contribution < 1.29 is 8.42 Å². The molecule has 0 heterocycles. The van der Waals surface area contributed by atoms with Crippen LogP contribution in [0.15, 0.2) is 41.3 Å². The van der Waals surface area contributed by atoms with Crippen LogP contribution in [0.1, 0.15) is 12.8 Å².